The third-order valence-corrected chi connectivity index (χ3v) is 21.4. The molecule has 0 saturated heterocycles. The van der Waals surface area contributed by atoms with Crippen LogP contribution < -0.4 is 61.7 Å². The molecule has 12 rings (SSSR count). The zero-order chi connectivity index (χ0) is 83.0. The molecular weight excluding hydrogens is 1500 g/mol. The molecule has 0 aliphatic heterocycles. The first-order valence-electron chi connectivity index (χ1n) is 36.7. The number of H-pyrrole nitrogens is 1. The SMILES string of the molecule is C.CC1(C)[C@@H](O)C[C@H]1Nc1nc(NCc2cccnc2OCCF)ncc1C#N.CCOc1ncccc1CNc1ncc(C#N)c(N[C@@H]2C[C@H](O)C2(C)C)n1.CCOc1ncccc1CNc1ncc(C(F)(F)F)c(N[C@@H]2C[C@H](O)C2(C)C)n1.COC1(C)CC(Nc2nc(NCc3c[nH+]ccc3C(F)(F)F)ncc2C#N)C1(C)C. The number of pyridine rings is 4. The third kappa shape index (κ3) is 21.5. The summed E-state index contributed by atoms with van der Waals surface area (Å²) in [6.07, 6.45) is 4.32. The van der Waals surface area contributed by atoms with Crippen LogP contribution in [0, 0.1) is 55.7 Å². The summed E-state index contributed by atoms with van der Waals surface area (Å²) in [7, 11) is 1.67. The Labute approximate surface area is 662 Å². The van der Waals surface area contributed by atoms with Crippen LogP contribution in [-0.2, 0) is 43.3 Å². The summed E-state index contributed by atoms with van der Waals surface area (Å²) >= 11 is 0. The Morgan fingerprint density at radius 3 is 1.17 bits per heavy atom. The van der Waals surface area contributed by atoms with Crippen LogP contribution in [0.5, 0.6) is 17.6 Å². The Morgan fingerprint density at radius 2 is 0.835 bits per heavy atom. The number of rotatable bonds is 28. The second-order valence-electron chi connectivity index (χ2n) is 29.8. The number of nitriles is 3. The van der Waals surface area contributed by atoms with Crippen LogP contribution in [0.2, 0.25) is 0 Å². The summed E-state index contributed by atoms with van der Waals surface area (Å²) in [5, 5.41) is 82.3. The van der Waals surface area contributed by atoms with E-state index in [4.69, 9.17) is 18.9 Å². The van der Waals surface area contributed by atoms with E-state index in [0.29, 0.717) is 104 Å². The van der Waals surface area contributed by atoms with Gasteiger partial charge in [0.15, 0.2) is 12.4 Å². The number of nitrogens with one attached hydrogen (secondary N) is 9. The van der Waals surface area contributed by atoms with E-state index in [9.17, 15) is 61.8 Å². The minimum absolute atomic E-state index is 0. The second-order valence-corrected chi connectivity index (χ2v) is 29.8. The number of hydrogen-bond acceptors (Lipinski definition) is 29. The van der Waals surface area contributed by atoms with Crippen LogP contribution in [0.4, 0.5) is 77.8 Å². The number of hydrogen-bond donors (Lipinski definition) is 11. The zero-order valence-corrected chi connectivity index (χ0v) is 65.1. The Morgan fingerprint density at radius 1 is 0.487 bits per heavy atom. The highest BCUT2D eigenvalue weighted by Gasteiger charge is 2.58. The van der Waals surface area contributed by atoms with Gasteiger partial charge in [0.2, 0.25) is 41.4 Å². The highest BCUT2D eigenvalue weighted by atomic mass is 19.4. The van der Waals surface area contributed by atoms with Gasteiger partial charge in [0, 0.05) is 132 Å². The van der Waals surface area contributed by atoms with Gasteiger partial charge in [0.25, 0.3) is 0 Å². The molecule has 8 atom stereocenters. The van der Waals surface area contributed by atoms with Crippen molar-refractivity contribution in [1.29, 1.82) is 15.8 Å². The molecule has 0 spiro atoms. The maximum absolute atomic E-state index is 13.4. The molecule has 4 aliphatic rings. The normalized spacial score (nSPS) is 20.7. The molecule has 4 aliphatic carbocycles. The first-order valence-corrected chi connectivity index (χ1v) is 36.7. The van der Waals surface area contributed by atoms with Crippen molar-refractivity contribution in [3.63, 3.8) is 0 Å². The van der Waals surface area contributed by atoms with E-state index in [1.54, 1.807) is 57.7 Å². The number of nitrogens with zero attached hydrogens (tertiary/aromatic N) is 14. The quantitative estimate of drug-likeness (QED) is 0.0203. The van der Waals surface area contributed by atoms with E-state index in [-0.39, 0.29) is 114 Å². The number of ether oxygens (including phenoxy) is 4. The van der Waals surface area contributed by atoms with Crippen LogP contribution in [-0.4, -0.2) is 152 Å². The number of methoxy groups -OCH3 is 1. The molecule has 0 bridgehead atoms. The fraction of sp³-hybridized carbons (Fsp3) is 0.500. The van der Waals surface area contributed by atoms with Crippen molar-refractivity contribution in [2.45, 2.75) is 196 Å². The van der Waals surface area contributed by atoms with Crippen molar-refractivity contribution in [3.05, 3.63) is 148 Å². The molecule has 0 amide bonds. The largest absolute Gasteiger partial charge is 0.478 e. The van der Waals surface area contributed by atoms with Crippen LogP contribution in [0.3, 0.4) is 0 Å². The van der Waals surface area contributed by atoms with Gasteiger partial charge >= 0.3 is 12.4 Å². The zero-order valence-electron chi connectivity index (χ0n) is 65.1. The molecule has 4 fully saturated rings. The number of aliphatic hydroxyl groups excluding tert-OH is 3. The summed E-state index contributed by atoms with van der Waals surface area (Å²) < 4.78 is 114. The van der Waals surface area contributed by atoms with Crippen molar-refractivity contribution in [2.24, 2.45) is 21.7 Å². The number of aliphatic hydroxyl groups is 3. The number of aromatic amines is 1. The van der Waals surface area contributed by atoms with Gasteiger partial charge in [-0.2, -0.15) is 62.1 Å². The molecule has 616 valence electrons. The van der Waals surface area contributed by atoms with E-state index in [2.05, 4.69) is 128 Å². The average Bonchev–Trinajstić information content (AvgIpc) is 0.742. The number of halogens is 7. The molecule has 115 heavy (non-hydrogen) atoms. The Bertz CT molecular complexity index is 4720. The van der Waals surface area contributed by atoms with Gasteiger partial charge in [-0.15, -0.1) is 0 Å². The monoisotopic (exact) mass is 1600 g/mol. The van der Waals surface area contributed by atoms with Crippen LogP contribution in [0.1, 0.15) is 159 Å². The Kier molecular flexibility index (Phi) is 29.5. The van der Waals surface area contributed by atoms with E-state index >= 15 is 0 Å². The van der Waals surface area contributed by atoms with E-state index < -0.39 is 41.7 Å². The van der Waals surface area contributed by atoms with Gasteiger partial charge in [-0.05, 0) is 64.7 Å². The molecular formula is C78H99F7N23O7+. The average molecular weight is 1600 g/mol. The standard InChI is InChI=1S/C20H23F3N6O.C19H24F3N5O2.C19H23FN6O2.C19H24N6O2.CH4/c1-18(2)15(7-19(18,3)30-4)28-16-12(8-24)10-26-17(29-16)27-11-13-9-25-6-5-14(13)20(21,22)23;1-4-29-16-11(6-5-7-23-16)9-24-17-25-10-12(19(20,21)22)15(27-17)26-13-8-14(28)18(13,2)3;1-19(2)14(8-15(19)27)25-16-13(9-21)11-24-18(26-16)23-10-12-4-3-6-22-17(12)28-7-5-20;1-4-27-17-12(6-5-7-21-17)10-22-18-23-11-13(9-20)16(25-18)24-14-8-15(26)19(14,2)3;/h5-6,9-10,15H,7,11H2,1-4H3,(H2,26,27,28,29);5-7,10,13-14,28H,4,8-9H2,1-3H3,(H2,24,25,26,27);3-4,6,11,14-15,27H,5,7-8,10H2,1-2H3,(H2,23,24,25,26);5-7,11,14-15,26H,4,8,10H2,1-3H3,(H2,22,23,24,25);1H4/p+1/t;13-,14+;2*14-,15+;/m.111./s1. The lowest BCUT2D eigenvalue weighted by molar-refractivity contribution is -0.379. The minimum Gasteiger partial charge on any atom is -0.478 e. The molecule has 8 aromatic heterocycles. The molecule has 4 saturated carbocycles. The summed E-state index contributed by atoms with van der Waals surface area (Å²) in [5.41, 5.74) is 0.0214. The van der Waals surface area contributed by atoms with Crippen molar-refractivity contribution < 1.29 is 70.0 Å². The number of aromatic nitrogens is 12. The highest BCUT2D eigenvalue weighted by Crippen LogP contribution is 2.53. The van der Waals surface area contributed by atoms with Crippen molar-refractivity contribution in [3.8, 4) is 35.8 Å². The van der Waals surface area contributed by atoms with Gasteiger partial charge in [0.05, 0.1) is 61.3 Å². The van der Waals surface area contributed by atoms with Crippen LogP contribution in [0.15, 0.2) is 98.2 Å². The number of alkyl halides is 7. The first-order chi connectivity index (χ1) is 54.0. The first kappa shape index (κ1) is 89.1. The van der Waals surface area contributed by atoms with Gasteiger partial charge < -0.3 is 76.8 Å². The summed E-state index contributed by atoms with van der Waals surface area (Å²) in [6.45, 7) is 22.6. The van der Waals surface area contributed by atoms with Crippen molar-refractivity contribution in [2.75, 3.05) is 76.1 Å². The van der Waals surface area contributed by atoms with Gasteiger partial charge in [-0.25, -0.2) is 44.3 Å². The van der Waals surface area contributed by atoms with Crippen molar-refractivity contribution in [1.82, 2.24) is 54.8 Å². The highest BCUT2D eigenvalue weighted by molar-refractivity contribution is 5.58. The maximum Gasteiger partial charge on any atom is 0.421 e. The van der Waals surface area contributed by atoms with Gasteiger partial charge in [0.1, 0.15) is 77.0 Å². The fourth-order valence-corrected chi connectivity index (χ4v) is 12.6. The van der Waals surface area contributed by atoms with Gasteiger partial charge in [-0.3, -0.25) is 0 Å². The smallest absolute Gasteiger partial charge is 0.421 e. The molecule has 30 nitrogen and oxygen atoms in total. The summed E-state index contributed by atoms with van der Waals surface area (Å²) in [4.78, 5) is 48.6. The molecule has 12 N–H and O–H groups in total. The molecule has 0 radical (unpaired) electrons. The predicted octanol–water partition coefficient (Wildman–Crippen LogP) is 12.1. The number of anilines is 8. The summed E-state index contributed by atoms with van der Waals surface area (Å²) in [6, 6.07) is 17.8. The molecule has 8 heterocycles. The molecule has 37 heteroatoms. The molecule has 0 aromatic carbocycles. The van der Waals surface area contributed by atoms with Crippen LogP contribution in [0.25, 0.3) is 0 Å². The van der Waals surface area contributed by atoms with Crippen LogP contribution >= 0.6 is 0 Å². The van der Waals surface area contributed by atoms with Gasteiger partial charge in [-0.1, -0.05) is 81.0 Å². The lowest BCUT2D eigenvalue weighted by Gasteiger charge is -2.59. The minimum atomic E-state index is -4.60. The molecule has 2 unspecified atom stereocenters. The van der Waals surface area contributed by atoms with E-state index in [1.807, 2.05) is 72.7 Å². The predicted molar refractivity (Wildman–Crippen MR) is 415 cm³/mol. The van der Waals surface area contributed by atoms with E-state index in [0.717, 1.165) is 35.4 Å². The van der Waals surface area contributed by atoms with E-state index in [1.165, 1.54) is 31.0 Å². The summed E-state index contributed by atoms with van der Waals surface area (Å²) in [5.74, 6) is 3.19. The topological polar surface area (TPSA) is 421 Å². The lowest BCUT2D eigenvalue weighted by Crippen LogP contribution is -2.65. The maximum atomic E-state index is 13.4. The fourth-order valence-electron chi connectivity index (χ4n) is 12.6. The van der Waals surface area contributed by atoms with Crippen molar-refractivity contribution >= 4 is 47.1 Å². The third-order valence-electron chi connectivity index (χ3n) is 21.4. The Balaban J connectivity index is 0.000000191. The second kappa shape index (κ2) is 38.1. The lowest BCUT2D eigenvalue weighted by atomic mass is 9.56. The molecule has 8 aromatic rings. The Hall–Kier alpha value is -11.5.